The lowest BCUT2D eigenvalue weighted by molar-refractivity contribution is 0.0326. The number of aliphatic hydroxyl groups is 1. The van der Waals surface area contributed by atoms with E-state index in [1.165, 1.54) is 19.3 Å². The lowest BCUT2D eigenvalue weighted by Crippen LogP contribution is -2.56. The number of anilines is 3. The zero-order valence-electron chi connectivity index (χ0n) is 20.2. The Hall–Kier alpha value is -3.49. The summed E-state index contributed by atoms with van der Waals surface area (Å²) in [6, 6.07) is 7.29. The molecule has 5 rings (SSSR count). The minimum atomic E-state index is -0.108. The van der Waals surface area contributed by atoms with E-state index in [0.29, 0.717) is 47.8 Å². The van der Waals surface area contributed by atoms with Gasteiger partial charge in [0.05, 0.1) is 30.3 Å². The first-order chi connectivity index (χ1) is 17.0. The second-order valence-corrected chi connectivity index (χ2v) is 9.52. The van der Waals surface area contributed by atoms with E-state index in [2.05, 4.69) is 43.5 Å². The lowest BCUT2D eigenvalue weighted by atomic mass is 9.81. The summed E-state index contributed by atoms with van der Waals surface area (Å²) in [5, 5.41) is 33.0. The number of aromatic nitrogens is 6. The summed E-state index contributed by atoms with van der Waals surface area (Å²) < 4.78 is 1.76. The fraction of sp³-hybridized carbons (Fsp3) is 0.542. The number of H-pyrrole nitrogens is 1. The highest BCUT2D eigenvalue weighted by molar-refractivity contribution is 5.66. The molecule has 3 atom stereocenters. The molecule has 3 aromatic rings. The number of aromatic amines is 1. The van der Waals surface area contributed by atoms with Crippen molar-refractivity contribution in [3.05, 3.63) is 30.2 Å². The van der Waals surface area contributed by atoms with Gasteiger partial charge in [-0.15, -0.1) is 0 Å². The molecule has 2 bridgehead atoms. The summed E-state index contributed by atoms with van der Waals surface area (Å²) in [4.78, 5) is 14.5. The van der Waals surface area contributed by atoms with E-state index in [4.69, 9.17) is 15.2 Å². The standard InChI is InChI=1S/C24H32N10O/c1-32-14-16(13-26-32)21-12-22(28-23-9-17(15-35)30-31-23)29-24(27-21)33(2)20-10-18-5-3-6-19(11-20)34(18)8-4-7-25/h9,12-14,18-20,35H,3-6,8,10-11,15H2,1-2H3,(H2,27,28,29,30,31)/t18-,19+,20-. The predicted octanol–water partition coefficient (Wildman–Crippen LogP) is 2.57. The first kappa shape index (κ1) is 23.3. The third-order valence-electron chi connectivity index (χ3n) is 7.22. The average Bonchev–Trinajstić information content (AvgIpc) is 3.50. The van der Waals surface area contributed by atoms with E-state index in [0.717, 1.165) is 30.6 Å². The molecule has 0 aliphatic carbocycles. The number of aryl methyl sites for hydroxylation is 1. The van der Waals surface area contributed by atoms with Gasteiger partial charge in [-0.05, 0) is 25.7 Å². The molecule has 184 valence electrons. The fourth-order valence-electron chi connectivity index (χ4n) is 5.47. The Morgan fingerprint density at radius 3 is 2.69 bits per heavy atom. The molecule has 11 heteroatoms. The van der Waals surface area contributed by atoms with E-state index in [-0.39, 0.29) is 6.61 Å². The van der Waals surface area contributed by atoms with Crippen LogP contribution in [0.5, 0.6) is 0 Å². The van der Waals surface area contributed by atoms with E-state index < -0.39 is 0 Å². The van der Waals surface area contributed by atoms with Crippen LogP contribution in [-0.2, 0) is 13.7 Å². The summed E-state index contributed by atoms with van der Waals surface area (Å²) in [5.74, 6) is 1.86. The van der Waals surface area contributed by atoms with Crippen molar-refractivity contribution in [1.29, 1.82) is 5.26 Å². The lowest BCUT2D eigenvalue weighted by Gasteiger charge is -2.50. The van der Waals surface area contributed by atoms with E-state index >= 15 is 0 Å². The molecule has 35 heavy (non-hydrogen) atoms. The Morgan fingerprint density at radius 1 is 1.23 bits per heavy atom. The van der Waals surface area contributed by atoms with E-state index in [9.17, 15) is 5.11 Å². The summed E-state index contributed by atoms with van der Waals surface area (Å²) >= 11 is 0. The number of nitriles is 1. The first-order valence-electron chi connectivity index (χ1n) is 12.2. The minimum Gasteiger partial charge on any atom is -0.390 e. The van der Waals surface area contributed by atoms with Gasteiger partial charge in [0.1, 0.15) is 5.82 Å². The Morgan fingerprint density at radius 2 is 2.03 bits per heavy atom. The molecule has 0 aromatic carbocycles. The Bertz CT molecular complexity index is 1180. The Balaban J connectivity index is 1.42. The normalized spacial score (nSPS) is 22.1. The van der Waals surface area contributed by atoms with Crippen LogP contribution >= 0.6 is 0 Å². The van der Waals surface area contributed by atoms with Crippen molar-refractivity contribution in [2.24, 2.45) is 7.05 Å². The van der Waals surface area contributed by atoms with Crippen LogP contribution in [0, 0.1) is 11.3 Å². The maximum Gasteiger partial charge on any atom is 0.227 e. The largest absolute Gasteiger partial charge is 0.390 e. The topological polar surface area (TPSA) is 135 Å². The van der Waals surface area contributed by atoms with Gasteiger partial charge in [0.25, 0.3) is 0 Å². The Labute approximate surface area is 204 Å². The second-order valence-electron chi connectivity index (χ2n) is 9.52. The molecule has 2 aliphatic heterocycles. The minimum absolute atomic E-state index is 0.108. The van der Waals surface area contributed by atoms with Crippen LogP contribution < -0.4 is 10.2 Å². The van der Waals surface area contributed by atoms with E-state index in [1.807, 2.05) is 19.3 Å². The predicted molar refractivity (Wildman–Crippen MR) is 132 cm³/mol. The van der Waals surface area contributed by atoms with Gasteiger partial charge in [0, 0.05) is 69.1 Å². The zero-order chi connectivity index (χ0) is 24.4. The number of hydrogen-bond acceptors (Lipinski definition) is 9. The van der Waals surface area contributed by atoms with Crippen LogP contribution in [0.2, 0.25) is 0 Å². The number of aliphatic hydroxyl groups excluding tert-OH is 1. The Kier molecular flexibility index (Phi) is 6.66. The molecule has 0 amide bonds. The smallest absolute Gasteiger partial charge is 0.227 e. The summed E-state index contributed by atoms with van der Waals surface area (Å²) in [5.41, 5.74) is 2.32. The van der Waals surface area contributed by atoms with E-state index in [1.54, 1.807) is 16.9 Å². The molecule has 2 fully saturated rings. The fourth-order valence-corrected chi connectivity index (χ4v) is 5.47. The van der Waals surface area contributed by atoms with Gasteiger partial charge in [0.2, 0.25) is 5.95 Å². The SMILES string of the molecule is CN(c1nc(Nc2cc(CO)[nH]n2)cc(-c2cnn(C)c2)n1)[C@@H]1C[C@H]2CCC[C@@H](C1)N2CCC#N. The molecule has 0 unspecified atom stereocenters. The molecule has 0 radical (unpaired) electrons. The van der Waals surface area contributed by atoms with Gasteiger partial charge in [-0.25, -0.2) is 4.98 Å². The molecular formula is C24H32N10O. The number of piperidine rings is 2. The first-order valence-corrected chi connectivity index (χ1v) is 12.2. The van der Waals surface area contributed by atoms with Gasteiger partial charge in [0.15, 0.2) is 5.82 Å². The second kappa shape index (κ2) is 10.0. The number of fused-ring (bicyclic) bond motifs is 2. The molecule has 2 saturated heterocycles. The highest BCUT2D eigenvalue weighted by Gasteiger charge is 2.39. The summed E-state index contributed by atoms with van der Waals surface area (Å²) in [6.45, 7) is 0.756. The van der Waals surface area contributed by atoms with Crippen molar-refractivity contribution in [2.45, 2.75) is 63.3 Å². The van der Waals surface area contributed by atoms with Crippen LogP contribution in [0.25, 0.3) is 11.3 Å². The van der Waals surface area contributed by atoms with Crippen molar-refractivity contribution < 1.29 is 5.11 Å². The number of nitrogens with zero attached hydrogens (tertiary/aromatic N) is 8. The van der Waals surface area contributed by atoms with Gasteiger partial charge >= 0.3 is 0 Å². The van der Waals surface area contributed by atoms with Crippen molar-refractivity contribution in [3.63, 3.8) is 0 Å². The van der Waals surface area contributed by atoms with Crippen molar-refractivity contribution in [2.75, 3.05) is 23.8 Å². The zero-order valence-corrected chi connectivity index (χ0v) is 20.2. The summed E-state index contributed by atoms with van der Waals surface area (Å²) in [6.07, 6.45) is 10.0. The van der Waals surface area contributed by atoms with Crippen LogP contribution in [0.1, 0.15) is 44.2 Å². The maximum atomic E-state index is 9.35. The number of nitrogens with one attached hydrogen (secondary N) is 2. The molecule has 0 saturated carbocycles. The quantitative estimate of drug-likeness (QED) is 0.448. The highest BCUT2D eigenvalue weighted by atomic mass is 16.3. The number of rotatable bonds is 8. The van der Waals surface area contributed by atoms with Crippen molar-refractivity contribution >= 4 is 17.6 Å². The molecule has 3 N–H and O–H groups in total. The number of hydrogen-bond donors (Lipinski definition) is 3. The summed E-state index contributed by atoms with van der Waals surface area (Å²) in [7, 11) is 3.96. The molecule has 2 aliphatic rings. The van der Waals surface area contributed by atoms with Crippen LogP contribution in [-0.4, -0.2) is 71.7 Å². The van der Waals surface area contributed by atoms with Gasteiger partial charge in [-0.1, -0.05) is 6.42 Å². The van der Waals surface area contributed by atoms with Crippen LogP contribution in [0.15, 0.2) is 24.5 Å². The molecular weight excluding hydrogens is 444 g/mol. The third kappa shape index (κ3) is 4.99. The van der Waals surface area contributed by atoms with Crippen LogP contribution in [0.4, 0.5) is 17.6 Å². The van der Waals surface area contributed by atoms with Gasteiger partial charge in [-0.2, -0.15) is 20.4 Å². The highest BCUT2D eigenvalue weighted by Crippen LogP contribution is 2.37. The van der Waals surface area contributed by atoms with Gasteiger partial charge in [-0.3, -0.25) is 14.7 Å². The molecule has 0 spiro atoms. The van der Waals surface area contributed by atoms with Crippen LogP contribution in [0.3, 0.4) is 0 Å². The average molecular weight is 477 g/mol. The molecule has 11 nitrogen and oxygen atoms in total. The maximum absolute atomic E-state index is 9.35. The van der Waals surface area contributed by atoms with Gasteiger partial charge < -0.3 is 15.3 Å². The molecule has 3 aromatic heterocycles. The molecule has 5 heterocycles. The monoisotopic (exact) mass is 476 g/mol. The van der Waals surface area contributed by atoms with Crippen molar-refractivity contribution in [3.8, 4) is 17.3 Å². The van der Waals surface area contributed by atoms with Crippen molar-refractivity contribution in [1.82, 2.24) is 34.8 Å². The third-order valence-corrected chi connectivity index (χ3v) is 7.22.